The smallest absolute Gasteiger partial charge is 0.313 e. The maximum absolute atomic E-state index is 10.8. The molecular weight excluding hydrogens is 312 g/mol. The molecule has 3 rings (SSSR count). The van der Waals surface area contributed by atoms with Crippen LogP contribution in [0, 0.1) is 0 Å². The van der Waals surface area contributed by atoms with E-state index in [1.54, 1.807) is 24.7 Å². The Labute approximate surface area is 129 Å². The topological polar surface area (TPSA) is 68.3 Å². The normalized spacial score (nSPS) is 11.1. The number of aliphatic carboxylic acids is 1. The highest BCUT2D eigenvalue weighted by Crippen LogP contribution is 2.27. The molecule has 0 fully saturated rings. The first-order chi connectivity index (χ1) is 10.1. The molecule has 0 saturated carbocycles. The van der Waals surface area contributed by atoms with Gasteiger partial charge in [0.15, 0.2) is 5.16 Å². The van der Waals surface area contributed by atoms with Crippen molar-refractivity contribution < 1.29 is 14.3 Å². The Hall–Kier alpha value is -1.92. The second-order valence-corrected chi connectivity index (χ2v) is 5.81. The zero-order chi connectivity index (χ0) is 14.8. The number of benzene rings is 1. The number of fused-ring (bicyclic) bond motifs is 1. The van der Waals surface area contributed by atoms with E-state index >= 15 is 0 Å². The predicted octanol–water partition coefficient (Wildman–Crippen LogP) is 3.51. The molecule has 7 heteroatoms. The number of halogens is 1. The molecule has 21 heavy (non-hydrogen) atoms. The van der Waals surface area contributed by atoms with E-state index in [2.05, 4.69) is 4.98 Å². The highest BCUT2D eigenvalue weighted by atomic mass is 35.5. The number of rotatable bonds is 5. The van der Waals surface area contributed by atoms with Crippen LogP contribution in [0.4, 0.5) is 0 Å². The monoisotopic (exact) mass is 322 g/mol. The van der Waals surface area contributed by atoms with Gasteiger partial charge >= 0.3 is 5.97 Å². The summed E-state index contributed by atoms with van der Waals surface area (Å²) in [4.78, 5) is 15.2. The lowest BCUT2D eigenvalue weighted by Crippen LogP contribution is -2.04. The van der Waals surface area contributed by atoms with Crippen LogP contribution >= 0.6 is 23.4 Å². The number of carboxylic acid groups (broad SMARTS) is 1. The van der Waals surface area contributed by atoms with Crippen LogP contribution in [0.3, 0.4) is 0 Å². The number of carbonyl (C=O) groups is 1. The van der Waals surface area contributed by atoms with Crippen molar-refractivity contribution in [2.75, 3.05) is 5.75 Å². The number of aromatic nitrogens is 2. The summed E-state index contributed by atoms with van der Waals surface area (Å²) >= 11 is 7.17. The first kappa shape index (κ1) is 14.0. The summed E-state index contributed by atoms with van der Waals surface area (Å²) in [7, 11) is 0. The van der Waals surface area contributed by atoms with Gasteiger partial charge in [-0.2, -0.15) is 0 Å². The SMILES string of the molecule is O=C(O)CSc1nc2cc(Cl)ccc2n1Cc1ccoc1. The third kappa shape index (κ3) is 3.06. The van der Waals surface area contributed by atoms with E-state index in [9.17, 15) is 4.79 Å². The van der Waals surface area contributed by atoms with Crippen molar-refractivity contribution in [2.24, 2.45) is 0 Å². The van der Waals surface area contributed by atoms with Gasteiger partial charge in [-0.05, 0) is 24.3 Å². The van der Waals surface area contributed by atoms with Crippen molar-refractivity contribution >= 4 is 40.4 Å². The van der Waals surface area contributed by atoms with Gasteiger partial charge < -0.3 is 14.1 Å². The lowest BCUT2D eigenvalue weighted by Gasteiger charge is -2.06. The molecule has 108 valence electrons. The van der Waals surface area contributed by atoms with Gasteiger partial charge in [0.25, 0.3) is 0 Å². The van der Waals surface area contributed by atoms with Gasteiger partial charge in [0, 0.05) is 10.6 Å². The average molecular weight is 323 g/mol. The van der Waals surface area contributed by atoms with Crippen LogP contribution in [0.1, 0.15) is 5.56 Å². The van der Waals surface area contributed by atoms with Crippen molar-refractivity contribution in [1.82, 2.24) is 9.55 Å². The van der Waals surface area contributed by atoms with Gasteiger partial charge in [0.1, 0.15) is 0 Å². The Morgan fingerprint density at radius 2 is 2.29 bits per heavy atom. The van der Waals surface area contributed by atoms with Gasteiger partial charge in [0.2, 0.25) is 0 Å². The van der Waals surface area contributed by atoms with Crippen LogP contribution in [-0.4, -0.2) is 26.4 Å². The lowest BCUT2D eigenvalue weighted by atomic mass is 10.3. The van der Waals surface area contributed by atoms with Crippen molar-refractivity contribution in [1.29, 1.82) is 0 Å². The van der Waals surface area contributed by atoms with Crippen LogP contribution < -0.4 is 0 Å². The fourth-order valence-electron chi connectivity index (χ4n) is 2.04. The van der Waals surface area contributed by atoms with Gasteiger partial charge in [-0.25, -0.2) is 4.98 Å². The van der Waals surface area contributed by atoms with Crippen molar-refractivity contribution in [3.63, 3.8) is 0 Å². The largest absolute Gasteiger partial charge is 0.481 e. The lowest BCUT2D eigenvalue weighted by molar-refractivity contribution is -0.133. The van der Waals surface area contributed by atoms with Crippen LogP contribution in [0.2, 0.25) is 5.02 Å². The van der Waals surface area contributed by atoms with Gasteiger partial charge in [-0.15, -0.1) is 0 Å². The molecule has 1 N–H and O–H groups in total. The number of imidazole rings is 1. The summed E-state index contributed by atoms with van der Waals surface area (Å²) in [5.41, 5.74) is 2.65. The number of hydrogen-bond acceptors (Lipinski definition) is 4. The number of thioether (sulfide) groups is 1. The van der Waals surface area contributed by atoms with E-state index in [1.807, 2.05) is 16.7 Å². The van der Waals surface area contributed by atoms with Crippen molar-refractivity contribution in [3.8, 4) is 0 Å². The third-order valence-corrected chi connectivity index (χ3v) is 4.12. The highest BCUT2D eigenvalue weighted by Gasteiger charge is 2.14. The molecule has 0 aliphatic rings. The summed E-state index contributed by atoms with van der Waals surface area (Å²) in [6.07, 6.45) is 3.27. The standard InChI is InChI=1S/C14H11ClN2O3S/c15-10-1-2-12-11(5-10)16-14(21-8-13(18)19)17(12)6-9-3-4-20-7-9/h1-5,7H,6,8H2,(H,18,19). The number of carboxylic acids is 1. The molecule has 0 bridgehead atoms. The van der Waals surface area contributed by atoms with Crippen LogP contribution in [-0.2, 0) is 11.3 Å². The summed E-state index contributed by atoms with van der Waals surface area (Å²) in [6.45, 7) is 0.566. The van der Waals surface area contributed by atoms with Crippen LogP contribution in [0.15, 0.2) is 46.4 Å². The molecule has 0 radical (unpaired) electrons. The predicted molar refractivity (Wildman–Crippen MR) is 80.9 cm³/mol. The molecule has 0 unspecified atom stereocenters. The fourth-order valence-corrected chi connectivity index (χ4v) is 2.94. The number of hydrogen-bond donors (Lipinski definition) is 1. The zero-order valence-corrected chi connectivity index (χ0v) is 12.4. The highest BCUT2D eigenvalue weighted by molar-refractivity contribution is 7.99. The molecule has 0 aliphatic carbocycles. The average Bonchev–Trinajstić information content (AvgIpc) is 3.05. The molecule has 1 aromatic carbocycles. The van der Waals surface area contributed by atoms with E-state index in [4.69, 9.17) is 21.1 Å². The molecule has 5 nitrogen and oxygen atoms in total. The minimum absolute atomic E-state index is 0.0392. The van der Waals surface area contributed by atoms with E-state index in [0.29, 0.717) is 16.7 Å². The summed E-state index contributed by atoms with van der Waals surface area (Å²) in [5.74, 6) is -0.914. The maximum Gasteiger partial charge on any atom is 0.313 e. The Balaban J connectivity index is 2.03. The fraction of sp³-hybridized carbons (Fsp3) is 0.143. The molecule has 0 aliphatic heterocycles. The molecule has 0 atom stereocenters. The Morgan fingerprint density at radius 1 is 1.43 bits per heavy atom. The minimum Gasteiger partial charge on any atom is -0.481 e. The van der Waals surface area contributed by atoms with Gasteiger partial charge in [-0.1, -0.05) is 23.4 Å². The molecule has 0 spiro atoms. The first-order valence-electron chi connectivity index (χ1n) is 6.15. The summed E-state index contributed by atoms with van der Waals surface area (Å²) < 4.78 is 7.04. The first-order valence-corrected chi connectivity index (χ1v) is 7.51. The summed E-state index contributed by atoms with van der Waals surface area (Å²) in [6, 6.07) is 7.32. The Bertz CT molecular complexity index is 783. The quantitative estimate of drug-likeness (QED) is 0.728. The number of furan rings is 1. The van der Waals surface area contributed by atoms with Gasteiger partial charge in [0.05, 0.1) is 35.9 Å². The zero-order valence-electron chi connectivity index (χ0n) is 10.8. The minimum atomic E-state index is -0.875. The molecule has 0 saturated heterocycles. The molecule has 2 heterocycles. The van der Waals surface area contributed by atoms with Gasteiger partial charge in [-0.3, -0.25) is 4.79 Å². The van der Waals surface area contributed by atoms with Crippen LogP contribution in [0.25, 0.3) is 11.0 Å². The second kappa shape index (κ2) is 5.83. The Kier molecular flexibility index (Phi) is 3.90. The molecule has 3 aromatic rings. The maximum atomic E-state index is 10.8. The van der Waals surface area contributed by atoms with Crippen molar-refractivity contribution in [2.45, 2.75) is 11.7 Å². The third-order valence-electron chi connectivity index (χ3n) is 2.92. The molecule has 0 amide bonds. The van der Waals surface area contributed by atoms with E-state index in [1.165, 1.54) is 11.8 Å². The number of nitrogens with zero attached hydrogens (tertiary/aromatic N) is 2. The van der Waals surface area contributed by atoms with E-state index < -0.39 is 5.97 Å². The summed E-state index contributed by atoms with van der Waals surface area (Å²) in [5, 5.41) is 10.1. The van der Waals surface area contributed by atoms with Crippen LogP contribution in [0.5, 0.6) is 0 Å². The van der Waals surface area contributed by atoms with E-state index in [-0.39, 0.29) is 5.75 Å². The second-order valence-electron chi connectivity index (χ2n) is 4.43. The molecular formula is C14H11ClN2O3S. The Morgan fingerprint density at radius 3 is 3.00 bits per heavy atom. The van der Waals surface area contributed by atoms with E-state index in [0.717, 1.165) is 16.6 Å². The van der Waals surface area contributed by atoms with Crippen molar-refractivity contribution in [3.05, 3.63) is 47.4 Å². The molecule has 2 aromatic heterocycles.